The lowest BCUT2D eigenvalue weighted by molar-refractivity contribution is 0.530. The van der Waals surface area contributed by atoms with E-state index < -0.39 is 0 Å². The normalized spacial score (nSPS) is 12.6. The number of halogens is 1. The molecular weight excluding hydrogens is 272 g/mol. The quantitative estimate of drug-likeness (QED) is 0.850. The van der Waals surface area contributed by atoms with Crippen molar-refractivity contribution in [3.63, 3.8) is 0 Å². The summed E-state index contributed by atoms with van der Waals surface area (Å²) in [4.78, 5) is 8.59. The first kappa shape index (κ1) is 15.0. The second-order valence-electron chi connectivity index (χ2n) is 4.76. The third kappa shape index (κ3) is 3.38. The maximum atomic E-state index is 6.30. The van der Waals surface area contributed by atoms with Gasteiger partial charge in [-0.25, -0.2) is 4.98 Å². The first-order valence-corrected chi connectivity index (χ1v) is 7.49. The third-order valence-corrected chi connectivity index (χ3v) is 3.50. The van der Waals surface area contributed by atoms with Gasteiger partial charge in [0.25, 0.3) is 0 Å². The Morgan fingerprint density at radius 2 is 2.15 bits per heavy atom. The molecule has 5 heteroatoms. The highest BCUT2D eigenvalue weighted by molar-refractivity contribution is 6.31. The summed E-state index contributed by atoms with van der Waals surface area (Å²) >= 11 is 6.30. The van der Waals surface area contributed by atoms with Crippen LogP contribution in [0, 0.1) is 0 Å². The Bertz CT molecular complexity index is 538. The van der Waals surface area contributed by atoms with Crippen molar-refractivity contribution in [2.24, 2.45) is 0 Å². The lowest BCUT2D eigenvalue weighted by Gasteiger charge is -2.20. The van der Waals surface area contributed by atoms with Gasteiger partial charge in [-0.3, -0.25) is 4.98 Å². The molecule has 0 aliphatic heterocycles. The summed E-state index contributed by atoms with van der Waals surface area (Å²) in [6.07, 6.45) is 9.47. The van der Waals surface area contributed by atoms with E-state index in [9.17, 15) is 0 Å². The molecule has 20 heavy (non-hydrogen) atoms. The molecule has 108 valence electrons. The maximum Gasteiger partial charge on any atom is 0.130 e. The molecule has 0 bridgehead atoms. The summed E-state index contributed by atoms with van der Waals surface area (Å²) in [5.41, 5.74) is 1.03. The number of hydrogen-bond acceptors (Lipinski definition) is 3. The van der Waals surface area contributed by atoms with Gasteiger partial charge in [-0.1, -0.05) is 25.4 Å². The van der Waals surface area contributed by atoms with E-state index in [1.54, 1.807) is 12.4 Å². The largest absolute Gasteiger partial charge is 0.333 e. The van der Waals surface area contributed by atoms with E-state index in [1.807, 2.05) is 18.5 Å². The highest BCUT2D eigenvalue weighted by Crippen LogP contribution is 2.26. The number of rotatable bonds is 7. The lowest BCUT2D eigenvalue weighted by Crippen LogP contribution is -2.26. The summed E-state index contributed by atoms with van der Waals surface area (Å²) in [7, 11) is 0. The van der Waals surface area contributed by atoms with Gasteiger partial charge in [-0.2, -0.15) is 0 Å². The van der Waals surface area contributed by atoms with Crippen LogP contribution in [0.25, 0.3) is 0 Å². The molecule has 4 nitrogen and oxygen atoms in total. The molecule has 0 saturated carbocycles. The van der Waals surface area contributed by atoms with Crippen LogP contribution in [-0.2, 0) is 6.54 Å². The van der Waals surface area contributed by atoms with Crippen molar-refractivity contribution in [1.29, 1.82) is 0 Å². The Morgan fingerprint density at radius 3 is 2.85 bits per heavy atom. The van der Waals surface area contributed by atoms with Gasteiger partial charge in [0.05, 0.1) is 11.1 Å². The van der Waals surface area contributed by atoms with E-state index in [0.717, 1.165) is 37.3 Å². The van der Waals surface area contributed by atoms with Crippen LogP contribution in [0.15, 0.2) is 30.9 Å². The number of aryl methyl sites for hydroxylation is 1. The molecule has 0 aromatic carbocycles. The fourth-order valence-electron chi connectivity index (χ4n) is 2.26. The van der Waals surface area contributed by atoms with E-state index >= 15 is 0 Å². The summed E-state index contributed by atoms with van der Waals surface area (Å²) in [6.45, 7) is 6.19. The number of hydrogen-bond donors (Lipinski definition) is 1. The second kappa shape index (κ2) is 7.41. The minimum absolute atomic E-state index is 0.00648. The van der Waals surface area contributed by atoms with Gasteiger partial charge in [0, 0.05) is 31.3 Å². The molecule has 0 amide bonds. The first-order valence-electron chi connectivity index (χ1n) is 7.11. The van der Waals surface area contributed by atoms with Crippen molar-refractivity contribution in [3.05, 3.63) is 47.3 Å². The molecule has 2 aromatic rings. The van der Waals surface area contributed by atoms with Crippen LogP contribution < -0.4 is 5.32 Å². The van der Waals surface area contributed by atoms with Crippen molar-refractivity contribution >= 4 is 11.6 Å². The Hall–Kier alpha value is -1.39. The topological polar surface area (TPSA) is 42.7 Å². The number of pyridine rings is 1. The average molecular weight is 293 g/mol. The zero-order valence-corrected chi connectivity index (χ0v) is 12.8. The van der Waals surface area contributed by atoms with E-state index in [0.29, 0.717) is 5.02 Å². The second-order valence-corrected chi connectivity index (χ2v) is 5.17. The molecular formula is C15H21ClN4. The zero-order valence-electron chi connectivity index (χ0n) is 12.0. The van der Waals surface area contributed by atoms with Gasteiger partial charge in [0.2, 0.25) is 0 Å². The molecule has 0 aliphatic rings. The van der Waals surface area contributed by atoms with Crippen molar-refractivity contribution in [2.75, 3.05) is 6.54 Å². The van der Waals surface area contributed by atoms with Crippen LogP contribution in [0.5, 0.6) is 0 Å². The lowest BCUT2D eigenvalue weighted by atomic mass is 10.1. The van der Waals surface area contributed by atoms with Gasteiger partial charge < -0.3 is 9.88 Å². The fraction of sp³-hybridized carbons (Fsp3) is 0.467. The summed E-state index contributed by atoms with van der Waals surface area (Å²) in [6, 6.07) is 1.97. The molecule has 1 N–H and O–H groups in total. The van der Waals surface area contributed by atoms with Crippen LogP contribution in [0.1, 0.15) is 44.1 Å². The smallest absolute Gasteiger partial charge is 0.130 e. The van der Waals surface area contributed by atoms with E-state index in [1.165, 1.54) is 0 Å². The highest BCUT2D eigenvalue weighted by atomic mass is 35.5. The summed E-state index contributed by atoms with van der Waals surface area (Å²) < 4.78 is 2.18. The van der Waals surface area contributed by atoms with E-state index in [-0.39, 0.29) is 6.04 Å². The van der Waals surface area contributed by atoms with Crippen LogP contribution in [0.4, 0.5) is 0 Å². The number of nitrogens with zero attached hydrogens (tertiary/aromatic N) is 3. The standard InChI is InChI=1S/C15H21ClN4/c1-3-6-18-14(12-5-7-17-11-13(12)16)15-19-8-10-20(15)9-4-2/h5,7-8,10-11,14,18H,3-4,6,9H2,1-2H3. The zero-order chi connectivity index (χ0) is 14.4. The monoisotopic (exact) mass is 292 g/mol. The highest BCUT2D eigenvalue weighted by Gasteiger charge is 2.20. The molecule has 0 fully saturated rings. The van der Waals surface area contributed by atoms with E-state index in [4.69, 9.17) is 11.6 Å². The maximum absolute atomic E-state index is 6.30. The van der Waals surface area contributed by atoms with Crippen LogP contribution in [0.3, 0.4) is 0 Å². The summed E-state index contributed by atoms with van der Waals surface area (Å²) in [5, 5.41) is 4.21. The number of imidazole rings is 1. The van der Waals surface area contributed by atoms with Crippen LogP contribution >= 0.6 is 11.6 Å². The average Bonchev–Trinajstić information content (AvgIpc) is 2.90. The Morgan fingerprint density at radius 1 is 1.30 bits per heavy atom. The Kier molecular flexibility index (Phi) is 5.56. The van der Waals surface area contributed by atoms with Crippen LogP contribution in [-0.4, -0.2) is 21.1 Å². The van der Waals surface area contributed by atoms with Gasteiger partial charge in [-0.05, 0) is 31.0 Å². The predicted molar refractivity (Wildman–Crippen MR) is 81.9 cm³/mol. The Balaban J connectivity index is 2.37. The minimum atomic E-state index is 0.00648. The van der Waals surface area contributed by atoms with Crippen molar-refractivity contribution < 1.29 is 0 Å². The SMILES string of the molecule is CCCNC(c1ccncc1Cl)c1nccn1CCC. The van der Waals surface area contributed by atoms with Gasteiger partial charge >= 0.3 is 0 Å². The molecule has 1 unspecified atom stereocenters. The molecule has 0 saturated heterocycles. The molecule has 2 rings (SSSR count). The molecule has 0 radical (unpaired) electrons. The molecule has 0 spiro atoms. The fourth-order valence-corrected chi connectivity index (χ4v) is 2.49. The Labute approximate surface area is 125 Å². The predicted octanol–water partition coefficient (Wildman–Crippen LogP) is 3.43. The van der Waals surface area contributed by atoms with Crippen molar-refractivity contribution in [2.45, 2.75) is 39.3 Å². The number of aromatic nitrogens is 3. The van der Waals surface area contributed by atoms with Gasteiger partial charge in [0.15, 0.2) is 0 Å². The van der Waals surface area contributed by atoms with Crippen LogP contribution in [0.2, 0.25) is 5.02 Å². The molecule has 0 aliphatic carbocycles. The van der Waals surface area contributed by atoms with Gasteiger partial charge in [0.1, 0.15) is 5.82 Å². The van der Waals surface area contributed by atoms with Gasteiger partial charge in [-0.15, -0.1) is 0 Å². The molecule has 2 heterocycles. The minimum Gasteiger partial charge on any atom is -0.333 e. The summed E-state index contributed by atoms with van der Waals surface area (Å²) in [5.74, 6) is 1.01. The first-order chi connectivity index (χ1) is 9.77. The van der Waals surface area contributed by atoms with E-state index in [2.05, 4.69) is 33.7 Å². The molecule has 2 aromatic heterocycles. The number of nitrogens with one attached hydrogen (secondary N) is 1. The third-order valence-electron chi connectivity index (χ3n) is 3.18. The van der Waals surface area contributed by atoms with Crippen molar-refractivity contribution in [1.82, 2.24) is 19.9 Å². The van der Waals surface area contributed by atoms with Crippen molar-refractivity contribution in [3.8, 4) is 0 Å². The molecule has 1 atom stereocenters.